The van der Waals surface area contributed by atoms with Gasteiger partial charge in [0.05, 0.1) is 38.9 Å². The van der Waals surface area contributed by atoms with Crippen LogP contribution in [0.3, 0.4) is 0 Å². The third-order valence-electron chi connectivity index (χ3n) is 11.6. The fraction of sp³-hybridized carbons (Fsp3) is 0. The molecule has 0 N–H and O–H groups in total. The molecule has 0 spiro atoms. The van der Waals surface area contributed by atoms with Gasteiger partial charge in [-0.05, 0) is 89.5 Å². The summed E-state index contributed by atoms with van der Waals surface area (Å²) < 4.78 is 15.2. The maximum Gasteiger partial charge on any atom is 0.137 e. The SMILES string of the molecule is c1cc(-c2ccc(N(c3cccc4oc5ccccc5c34)c3cccc4oc5ccccc5c34)cc2)cc(-c2ccccc2-n2c3ccccc3c3ccccc32)c1. The van der Waals surface area contributed by atoms with Gasteiger partial charge in [0.25, 0.3) is 0 Å². The molecule has 58 heavy (non-hydrogen) atoms. The van der Waals surface area contributed by atoms with E-state index in [-0.39, 0.29) is 0 Å². The van der Waals surface area contributed by atoms with Crippen LogP contribution >= 0.6 is 0 Å². The molecule has 0 aliphatic rings. The lowest BCUT2D eigenvalue weighted by molar-refractivity contribution is 0.668. The number of hydrogen-bond acceptors (Lipinski definition) is 3. The first-order valence-electron chi connectivity index (χ1n) is 19.7. The van der Waals surface area contributed by atoms with Crippen LogP contribution in [-0.2, 0) is 0 Å². The average Bonchev–Trinajstić information content (AvgIpc) is 3.97. The van der Waals surface area contributed by atoms with Crippen molar-refractivity contribution in [3.63, 3.8) is 0 Å². The van der Waals surface area contributed by atoms with Gasteiger partial charge in [0.15, 0.2) is 0 Å². The van der Waals surface area contributed by atoms with Crippen LogP contribution in [0.15, 0.2) is 215 Å². The molecule has 3 aromatic heterocycles. The van der Waals surface area contributed by atoms with E-state index in [4.69, 9.17) is 8.83 Å². The van der Waals surface area contributed by atoms with Gasteiger partial charge in [-0.15, -0.1) is 0 Å². The zero-order valence-electron chi connectivity index (χ0n) is 31.3. The first kappa shape index (κ1) is 32.4. The van der Waals surface area contributed by atoms with E-state index < -0.39 is 0 Å². The van der Waals surface area contributed by atoms with Crippen LogP contribution in [0.4, 0.5) is 17.1 Å². The third-order valence-corrected chi connectivity index (χ3v) is 11.6. The molecule has 272 valence electrons. The van der Waals surface area contributed by atoms with E-state index >= 15 is 0 Å². The van der Waals surface area contributed by atoms with E-state index in [1.165, 1.54) is 27.4 Å². The Bertz CT molecular complexity index is 3360. The smallest absolute Gasteiger partial charge is 0.137 e. The molecule has 12 aromatic rings. The Hall–Kier alpha value is -7.82. The Labute approximate surface area is 334 Å². The first-order chi connectivity index (χ1) is 28.8. The largest absolute Gasteiger partial charge is 0.456 e. The summed E-state index contributed by atoms with van der Waals surface area (Å²) in [6.45, 7) is 0. The molecule has 0 atom stereocenters. The summed E-state index contributed by atoms with van der Waals surface area (Å²) in [5.41, 5.74) is 14.7. The van der Waals surface area contributed by atoms with Gasteiger partial charge < -0.3 is 18.3 Å². The number of anilines is 3. The maximum absolute atomic E-state index is 6.41. The molecule has 0 saturated heterocycles. The van der Waals surface area contributed by atoms with E-state index in [1.807, 2.05) is 24.3 Å². The minimum absolute atomic E-state index is 0.850. The number of furan rings is 2. The topological polar surface area (TPSA) is 34.5 Å². The number of rotatable bonds is 6. The van der Waals surface area contributed by atoms with Crippen molar-refractivity contribution in [2.45, 2.75) is 0 Å². The van der Waals surface area contributed by atoms with Crippen molar-refractivity contribution in [1.29, 1.82) is 0 Å². The molecule has 3 heterocycles. The maximum atomic E-state index is 6.41. The number of benzene rings is 9. The average molecular weight is 743 g/mol. The number of para-hydroxylation sites is 5. The summed E-state index contributed by atoms with van der Waals surface area (Å²) in [7, 11) is 0. The highest BCUT2D eigenvalue weighted by molar-refractivity contribution is 6.18. The Morgan fingerprint density at radius 3 is 1.45 bits per heavy atom. The van der Waals surface area contributed by atoms with E-state index in [0.717, 1.165) is 83.3 Å². The highest BCUT2D eigenvalue weighted by Crippen LogP contribution is 2.47. The lowest BCUT2D eigenvalue weighted by atomic mass is 9.97. The molecule has 12 rings (SSSR count). The van der Waals surface area contributed by atoms with Gasteiger partial charge in [-0.3, -0.25) is 0 Å². The second-order valence-corrected chi connectivity index (χ2v) is 14.8. The molecule has 0 bridgehead atoms. The quantitative estimate of drug-likeness (QED) is 0.170. The fourth-order valence-corrected chi connectivity index (χ4v) is 9.06. The zero-order chi connectivity index (χ0) is 38.2. The van der Waals surface area contributed by atoms with Crippen molar-refractivity contribution in [3.05, 3.63) is 206 Å². The highest BCUT2D eigenvalue weighted by atomic mass is 16.3. The van der Waals surface area contributed by atoms with E-state index in [0.29, 0.717) is 0 Å². The van der Waals surface area contributed by atoms with Crippen molar-refractivity contribution in [2.24, 2.45) is 0 Å². The van der Waals surface area contributed by atoms with Crippen LogP contribution < -0.4 is 4.90 Å². The summed E-state index contributed by atoms with van der Waals surface area (Å²) in [4.78, 5) is 2.36. The molecule has 0 unspecified atom stereocenters. The molecule has 0 aliphatic heterocycles. The van der Waals surface area contributed by atoms with Crippen LogP contribution in [0.25, 0.3) is 93.6 Å². The Balaban J connectivity index is 1.01. The lowest BCUT2D eigenvalue weighted by Crippen LogP contribution is -2.10. The van der Waals surface area contributed by atoms with Crippen LogP contribution in [-0.4, -0.2) is 4.57 Å². The predicted molar refractivity (Wildman–Crippen MR) is 241 cm³/mol. The fourth-order valence-electron chi connectivity index (χ4n) is 9.06. The number of hydrogen-bond donors (Lipinski definition) is 0. The Morgan fingerprint density at radius 1 is 0.345 bits per heavy atom. The molecular weight excluding hydrogens is 709 g/mol. The summed E-state index contributed by atoms with van der Waals surface area (Å²) >= 11 is 0. The van der Waals surface area contributed by atoms with E-state index in [1.54, 1.807) is 0 Å². The van der Waals surface area contributed by atoms with Gasteiger partial charge >= 0.3 is 0 Å². The minimum Gasteiger partial charge on any atom is -0.456 e. The molecule has 0 radical (unpaired) electrons. The summed E-state index contributed by atoms with van der Waals surface area (Å²) in [6, 6.07) is 73.2. The summed E-state index contributed by atoms with van der Waals surface area (Å²) in [6.07, 6.45) is 0. The minimum atomic E-state index is 0.850. The highest BCUT2D eigenvalue weighted by Gasteiger charge is 2.23. The first-order valence-corrected chi connectivity index (χ1v) is 19.7. The van der Waals surface area contributed by atoms with Crippen LogP contribution in [0.5, 0.6) is 0 Å². The second-order valence-electron chi connectivity index (χ2n) is 14.8. The second kappa shape index (κ2) is 12.9. The molecular formula is C54H34N2O2. The normalized spacial score (nSPS) is 11.8. The molecule has 0 aliphatic carbocycles. The molecule has 4 heteroatoms. The molecule has 0 fully saturated rings. The Morgan fingerprint density at radius 2 is 0.828 bits per heavy atom. The summed E-state index contributed by atoms with van der Waals surface area (Å²) in [5.74, 6) is 0. The van der Waals surface area contributed by atoms with Crippen molar-refractivity contribution in [2.75, 3.05) is 4.90 Å². The third kappa shape index (κ3) is 4.95. The van der Waals surface area contributed by atoms with Gasteiger partial charge in [0, 0.05) is 32.8 Å². The van der Waals surface area contributed by atoms with Crippen molar-refractivity contribution in [1.82, 2.24) is 4.57 Å². The molecule has 0 saturated carbocycles. The van der Waals surface area contributed by atoms with Crippen molar-refractivity contribution >= 4 is 82.7 Å². The van der Waals surface area contributed by atoms with E-state index in [9.17, 15) is 0 Å². The van der Waals surface area contributed by atoms with Gasteiger partial charge in [0.2, 0.25) is 0 Å². The molecule has 9 aromatic carbocycles. The number of fused-ring (bicyclic) bond motifs is 9. The lowest BCUT2D eigenvalue weighted by Gasteiger charge is -2.27. The van der Waals surface area contributed by atoms with Gasteiger partial charge in [-0.25, -0.2) is 0 Å². The Kier molecular flexibility index (Phi) is 7.20. The number of aromatic nitrogens is 1. The molecule has 4 nitrogen and oxygen atoms in total. The van der Waals surface area contributed by atoms with Crippen LogP contribution in [0.1, 0.15) is 0 Å². The summed E-state index contributed by atoms with van der Waals surface area (Å²) in [5, 5.41) is 6.81. The van der Waals surface area contributed by atoms with Crippen LogP contribution in [0, 0.1) is 0 Å². The standard InChI is InChI=1S/C54H34N2O2/c1-6-21-44(56-45-22-7-2-17-40(45)41-18-3-8-23-46(41)56)39(16-1)37-15-11-14-36(34-37)35-30-32-38(33-31-35)55(47-24-12-28-51-53(47)42-19-4-9-26-49(42)57-51)48-25-13-29-52-54(48)43-20-5-10-27-50(43)58-52/h1-34H. The monoisotopic (exact) mass is 742 g/mol. The number of nitrogens with zero attached hydrogens (tertiary/aromatic N) is 2. The predicted octanol–water partition coefficient (Wildman–Crippen LogP) is 15.4. The van der Waals surface area contributed by atoms with Gasteiger partial charge in [0.1, 0.15) is 22.3 Å². The molecule has 0 amide bonds. The zero-order valence-corrected chi connectivity index (χ0v) is 31.3. The van der Waals surface area contributed by atoms with Gasteiger partial charge in [-0.1, -0.05) is 133 Å². The van der Waals surface area contributed by atoms with Crippen LogP contribution in [0.2, 0.25) is 0 Å². The van der Waals surface area contributed by atoms with Crippen molar-refractivity contribution < 1.29 is 8.83 Å². The van der Waals surface area contributed by atoms with E-state index in [2.05, 4.69) is 191 Å². The van der Waals surface area contributed by atoms with Crippen molar-refractivity contribution in [3.8, 4) is 27.9 Å². The van der Waals surface area contributed by atoms with Gasteiger partial charge in [-0.2, -0.15) is 0 Å².